The standard InChI is InChI=1S/C39H53N5O9.C35H46N4O8.C27H40N4O6/c1-25(42(8)37(50)51-24-26-15-11-9-12-16-26)34(47)41-33(38(2,3)4)35(48)43-22-21-28-32(43)29(52-36(49)40-27-17-13-10-14-18-27)23-44(28)30(45)19-20-31(46)53-39(5,6)7;1-34(2,3)30(37-32(43)45-22-23-13-9-7-10-14-23)31(42)38-20-19-25-29(38)26(46-33(44)36-24-15-11-8-12-16-24)21-39(25)27(40)17-18-28(41)47-35(4,5)6;1-26(2,3)23(28)24(34)30-15-14-18-22(30)19(36-25(35)29-17-10-8-7-9-11-17)16-31(18)20(32)12-13-21(33)37-27(4,5)6/h9-18,25,28-29,32-33H,19-24H2,1-8H3,(H,40,49)(H,41,47);7-16,25-26,29-30H,17-22H2,1-6H3,(H,36,44)(H,37,43);7-11,18-19,22-23H,12-16,28H2,1-6H3,(H,29,35)/t25-,28+,29-,32-,33+;25-,26+,29+,30-;18-,19+,22+,23-/m011/s1. The zero-order chi connectivity index (χ0) is 101. The third-order valence-corrected chi connectivity index (χ3v) is 23.9. The van der Waals surface area contributed by atoms with Crippen LogP contribution in [0.2, 0.25) is 0 Å². The highest BCUT2D eigenvalue weighted by Gasteiger charge is 2.59. The molecule has 36 nitrogen and oxygen atoms in total. The lowest BCUT2D eigenvalue weighted by atomic mass is 9.85. The Morgan fingerprint density at radius 1 is 0.365 bits per heavy atom. The number of alkyl carbamates (subject to hydrolysis) is 1. The first kappa shape index (κ1) is 108. The Morgan fingerprint density at radius 3 is 0.942 bits per heavy atom. The van der Waals surface area contributed by atoms with Crippen LogP contribution in [0.3, 0.4) is 0 Å². The monoisotopic (exact) mass is 1900 g/mol. The van der Waals surface area contributed by atoms with Crippen LogP contribution in [0.1, 0.15) is 200 Å². The molecule has 0 bridgehead atoms. The van der Waals surface area contributed by atoms with Gasteiger partial charge in [0.2, 0.25) is 41.4 Å². The number of nitrogens with zero attached hydrogens (tertiary/aromatic N) is 7. The highest BCUT2D eigenvalue weighted by molar-refractivity contribution is 5.94. The van der Waals surface area contributed by atoms with E-state index in [-0.39, 0.29) is 120 Å². The quantitative estimate of drug-likeness (QED) is 0.0221. The van der Waals surface area contributed by atoms with Crippen molar-refractivity contribution in [1.82, 2.24) is 44.9 Å². The van der Waals surface area contributed by atoms with Crippen LogP contribution in [0.4, 0.5) is 41.0 Å². The molecule has 0 aliphatic carbocycles. The number of nitrogens with one attached hydrogen (secondary N) is 5. The first-order valence-electron chi connectivity index (χ1n) is 46.6. The van der Waals surface area contributed by atoms with Crippen molar-refractivity contribution in [2.24, 2.45) is 22.0 Å². The number of anilines is 3. The molecule has 0 radical (unpaired) electrons. The lowest BCUT2D eigenvalue weighted by Crippen LogP contribution is -2.60. The Morgan fingerprint density at radius 2 is 0.650 bits per heavy atom. The maximum Gasteiger partial charge on any atom is 0.412 e. The average Bonchev–Trinajstić information content (AvgIpc) is 1.61. The van der Waals surface area contributed by atoms with E-state index in [0.717, 1.165) is 11.1 Å². The minimum atomic E-state index is -1.04. The third kappa shape index (κ3) is 31.3. The smallest absolute Gasteiger partial charge is 0.412 e. The van der Waals surface area contributed by atoms with Gasteiger partial charge in [-0.1, -0.05) is 178 Å². The number of nitrogens with two attached hydrogens (primary N) is 1. The van der Waals surface area contributed by atoms with Gasteiger partial charge in [-0.15, -0.1) is 0 Å². The summed E-state index contributed by atoms with van der Waals surface area (Å²) in [4.78, 5) is 208. The van der Waals surface area contributed by atoms with Crippen LogP contribution < -0.4 is 32.3 Å². The number of esters is 3. The van der Waals surface area contributed by atoms with Gasteiger partial charge in [0.15, 0.2) is 0 Å². The van der Waals surface area contributed by atoms with E-state index in [4.69, 9.17) is 43.6 Å². The second kappa shape index (κ2) is 46.8. The molecule has 6 heterocycles. The van der Waals surface area contributed by atoms with E-state index in [1.54, 1.807) is 171 Å². The first-order chi connectivity index (χ1) is 64.1. The van der Waals surface area contributed by atoms with Crippen LogP contribution in [-0.2, 0) is 99.1 Å². The maximum absolute atomic E-state index is 14.5. The SMILES string of the molecule is CC(C)(C)OC(=O)CCC(=O)N1C[C@H](OC(=O)Nc2ccccc2)[C@@H]2[C@H]1CCN2C(=O)[C@@H](N)C(C)(C)C.CC(C)(C)OC(=O)CCC(=O)N1C[C@H](OC(=O)Nc2ccccc2)[C@@H]2[C@H]1CCN2C(=O)[C@@H](NC(=O)OCc1ccccc1)C(C)(C)C.C[C@@H](C(=O)N[C@H](C(=O)N1CC[C@@H]2[C@H]1[C@@H](OC(=O)Nc1ccccc1)CN2C(=O)CCC(=O)OC(C)(C)C)C(C)(C)C)N(C)C(=O)OCc1ccccc1. The van der Waals surface area contributed by atoms with Crippen molar-refractivity contribution in [2.75, 3.05) is 62.3 Å². The van der Waals surface area contributed by atoms with E-state index < -0.39 is 166 Å². The van der Waals surface area contributed by atoms with Gasteiger partial charge in [0.1, 0.15) is 66.5 Å². The predicted molar refractivity (Wildman–Crippen MR) is 509 cm³/mol. The molecule has 7 N–H and O–H groups in total. The number of ether oxygens (including phenoxy) is 8. The fourth-order valence-electron chi connectivity index (χ4n) is 17.2. The molecule has 36 heteroatoms. The van der Waals surface area contributed by atoms with Gasteiger partial charge in [0.25, 0.3) is 0 Å². The second-order valence-electron chi connectivity index (χ2n) is 41.3. The van der Waals surface area contributed by atoms with Crippen molar-refractivity contribution >= 4 is 107 Å². The van der Waals surface area contributed by atoms with Gasteiger partial charge in [-0.25, -0.2) is 24.0 Å². The second-order valence-corrected chi connectivity index (χ2v) is 41.3. The summed E-state index contributed by atoms with van der Waals surface area (Å²) in [7, 11) is 1.45. The number of hydrogen-bond acceptors (Lipinski definition) is 24. The molecule has 746 valence electrons. The molecule has 5 aromatic carbocycles. The zero-order valence-corrected chi connectivity index (χ0v) is 82.6. The fraction of sp³-hybridized carbons (Fsp3) is 0.554. The maximum atomic E-state index is 14.5. The Balaban J connectivity index is 0.000000234. The first-order valence-corrected chi connectivity index (χ1v) is 46.6. The summed E-state index contributed by atoms with van der Waals surface area (Å²) in [6, 6.07) is 37.8. The minimum Gasteiger partial charge on any atom is -0.460 e. The predicted octanol–water partition coefficient (Wildman–Crippen LogP) is 12.5. The van der Waals surface area contributed by atoms with E-state index in [2.05, 4.69) is 26.6 Å². The fourth-order valence-corrected chi connectivity index (χ4v) is 17.2. The molecule has 6 saturated heterocycles. The lowest BCUT2D eigenvalue weighted by Gasteiger charge is -2.37. The summed E-state index contributed by atoms with van der Waals surface area (Å²) in [5.74, 6) is -3.91. The molecule has 0 unspecified atom stereocenters. The van der Waals surface area contributed by atoms with Gasteiger partial charge < -0.3 is 83.7 Å². The molecule has 6 aliphatic heterocycles. The molecule has 0 spiro atoms. The lowest BCUT2D eigenvalue weighted by molar-refractivity contribution is -0.157. The van der Waals surface area contributed by atoms with Gasteiger partial charge in [-0.3, -0.25) is 68.8 Å². The molecule has 13 atom stereocenters. The van der Waals surface area contributed by atoms with E-state index in [1.165, 1.54) is 11.9 Å². The van der Waals surface area contributed by atoms with Crippen LogP contribution >= 0.6 is 0 Å². The van der Waals surface area contributed by atoms with Crippen molar-refractivity contribution in [1.29, 1.82) is 0 Å². The van der Waals surface area contributed by atoms with Gasteiger partial charge in [-0.2, -0.15) is 0 Å². The Bertz CT molecular complexity index is 5010. The number of amides is 12. The highest BCUT2D eigenvalue weighted by Crippen LogP contribution is 2.41. The van der Waals surface area contributed by atoms with Crippen molar-refractivity contribution < 1.29 is 110 Å². The van der Waals surface area contributed by atoms with Crippen LogP contribution in [0.25, 0.3) is 0 Å². The molecule has 0 saturated carbocycles. The summed E-state index contributed by atoms with van der Waals surface area (Å²) in [5.41, 5.74) is 5.54. The van der Waals surface area contributed by atoms with Gasteiger partial charge in [0, 0.05) is 63.0 Å². The highest BCUT2D eigenvalue weighted by atomic mass is 16.6. The molecule has 6 fully saturated rings. The molecular weight excluding hydrogens is 1760 g/mol. The number of likely N-dealkylation sites (tertiary alicyclic amines) is 6. The third-order valence-electron chi connectivity index (χ3n) is 23.9. The Hall–Kier alpha value is -12.9. The number of likely N-dealkylation sites (N-methyl/N-ethyl adjacent to an activating group) is 1. The van der Waals surface area contributed by atoms with Crippen molar-refractivity contribution in [2.45, 2.75) is 298 Å². The van der Waals surface area contributed by atoms with Crippen LogP contribution in [-0.4, -0.2) is 266 Å². The molecule has 137 heavy (non-hydrogen) atoms. The molecule has 11 rings (SSSR count). The molecular formula is C101H139N13O23. The summed E-state index contributed by atoms with van der Waals surface area (Å²) in [6.45, 7) is 35.2. The van der Waals surface area contributed by atoms with Crippen LogP contribution in [0, 0.1) is 16.2 Å². The van der Waals surface area contributed by atoms with Gasteiger partial charge in [-0.05, 0) is 152 Å². The summed E-state index contributed by atoms with van der Waals surface area (Å²) < 4.78 is 44.4. The van der Waals surface area contributed by atoms with E-state index in [9.17, 15) is 71.9 Å². The van der Waals surface area contributed by atoms with Crippen molar-refractivity contribution in [3.63, 3.8) is 0 Å². The number of carbonyl (C=O) groups is 15. The number of benzene rings is 5. The number of fused-ring (bicyclic) bond motifs is 3. The van der Waals surface area contributed by atoms with E-state index >= 15 is 0 Å². The van der Waals surface area contributed by atoms with Gasteiger partial charge >= 0.3 is 48.4 Å². The Kier molecular flexibility index (Phi) is 36.8. The molecule has 12 amide bonds. The molecule has 0 aromatic heterocycles. The average molecular weight is 1900 g/mol. The van der Waals surface area contributed by atoms with Crippen molar-refractivity contribution in [3.8, 4) is 0 Å². The normalized spacial score (nSPS) is 20.3. The van der Waals surface area contributed by atoms with Crippen LogP contribution in [0.5, 0.6) is 0 Å². The number of carbonyl (C=O) groups excluding carboxylic acids is 15. The van der Waals surface area contributed by atoms with E-state index in [1.807, 2.05) is 141 Å². The zero-order valence-electron chi connectivity index (χ0n) is 82.6. The summed E-state index contributed by atoms with van der Waals surface area (Å²) in [5, 5.41) is 13.7. The topological polar surface area (TPSA) is 439 Å². The summed E-state index contributed by atoms with van der Waals surface area (Å²) >= 11 is 0. The van der Waals surface area contributed by atoms with Gasteiger partial charge in [0.05, 0.1) is 81.2 Å². The number of para-hydroxylation sites is 3. The molecule has 6 aliphatic rings. The van der Waals surface area contributed by atoms with Crippen molar-refractivity contribution in [3.05, 3.63) is 163 Å². The summed E-state index contributed by atoms with van der Waals surface area (Å²) in [6.07, 6.45) is -5.24. The largest absolute Gasteiger partial charge is 0.460 e. The molecule has 5 aromatic rings. The van der Waals surface area contributed by atoms with Crippen LogP contribution in [0.15, 0.2) is 152 Å². The number of rotatable bonds is 26. The Labute approximate surface area is 802 Å². The van der Waals surface area contributed by atoms with E-state index in [0.29, 0.717) is 42.9 Å². The number of hydrogen-bond donors (Lipinski definition) is 6. The minimum absolute atomic E-state index is 0.00788.